The van der Waals surface area contributed by atoms with Crippen LogP contribution < -0.4 is 5.32 Å². The van der Waals surface area contributed by atoms with E-state index in [0.717, 1.165) is 15.7 Å². The van der Waals surface area contributed by atoms with E-state index in [0.29, 0.717) is 12.2 Å². The first-order valence-corrected chi connectivity index (χ1v) is 8.71. The first-order valence-electron chi connectivity index (χ1n) is 7.92. The lowest BCUT2D eigenvalue weighted by Crippen LogP contribution is -2.49. The fourth-order valence-electron chi connectivity index (χ4n) is 3.86. The van der Waals surface area contributed by atoms with Crippen LogP contribution in [0.15, 0.2) is 40.9 Å². The molecule has 2 N–H and O–H groups in total. The molecule has 2 aromatic rings. The summed E-state index contributed by atoms with van der Waals surface area (Å²) in [5.41, 5.74) is 4.40. The van der Waals surface area contributed by atoms with Crippen LogP contribution in [0.5, 0.6) is 0 Å². The van der Waals surface area contributed by atoms with Crippen LogP contribution in [0.3, 0.4) is 0 Å². The van der Waals surface area contributed by atoms with E-state index in [-0.39, 0.29) is 17.6 Å². The van der Waals surface area contributed by atoms with Crippen LogP contribution in [0, 0.1) is 0 Å². The number of nitrogens with one attached hydrogen (secondary N) is 1. The summed E-state index contributed by atoms with van der Waals surface area (Å²) < 4.78 is 7.25. The van der Waals surface area contributed by atoms with Crippen molar-refractivity contribution in [3.63, 3.8) is 0 Å². The minimum Gasteiger partial charge on any atom is -0.478 e. The highest BCUT2D eigenvalue weighted by molar-refractivity contribution is 9.10. The Morgan fingerprint density at radius 3 is 2.83 bits per heavy atom. The maximum atomic E-state index is 11.3. The molecule has 0 bridgehead atoms. The van der Waals surface area contributed by atoms with Gasteiger partial charge in [-0.2, -0.15) is 0 Å². The fraction of sp³-hybridized carbons (Fsp3) is 0.316. The van der Waals surface area contributed by atoms with E-state index >= 15 is 0 Å². The summed E-state index contributed by atoms with van der Waals surface area (Å²) in [4.78, 5) is 11.3. The number of carboxylic acids is 1. The van der Waals surface area contributed by atoms with E-state index in [1.807, 2.05) is 12.1 Å². The van der Waals surface area contributed by atoms with Gasteiger partial charge in [0.25, 0.3) is 0 Å². The first-order chi connectivity index (χ1) is 11.4. The Bertz CT molecular complexity index is 847. The predicted octanol–water partition coefficient (Wildman–Crippen LogP) is 4.49. The number of rotatable bonds is 1. The molecule has 0 radical (unpaired) electrons. The summed E-state index contributed by atoms with van der Waals surface area (Å²) in [6.07, 6.45) is -0.0594. The molecule has 0 amide bonds. The molecular formula is C19H18BrNO3. The van der Waals surface area contributed by atoms with Crippen LogP contribution in [0.2, 0.25) is 0 Å². The van der Waals surface area contributed by atoms with E-state index in [1.54, 1.807) is 12.1 Å². The minimum absolute atomic E-state index is 0.0458. The van der Waals surface area contributed by atoms with E-state index < -0.39 is 5.97 Å². The first kappa shape index (κ1) is 15.7. The van der Waals surface area contributed by atoms with Gasteiger partial charge in [-0.15, -0.1) is 0 Å². The van der Waals surface area contributed by atoms with Crippen molar-refractivity contribution >= 4 is 27.6 Å². The van der Waals surface area contributed by atoms with Gasteiger partial charge in [0.1, 0.15) is 0 Å². The van der Waals surface area contributed by atoms with Gasteiger partial charge in [0.05, 0.1) is 24.3 Å². The Balaban J connectivity index is 1.86. The summed E-state index contributed by atoms with van der Waals surface area (Å²) in [7, 11) is 0. The molecule has 5 heteroatoms. The Morgan fingerprint density at radius 1 is 1.29 bits per heavy atom. The Kier molecular flexibility index (Phi) is 3.48. The number of carbonyl (C=O) groups is 1. The van der Waals surface area contributed by atoms with Gasteiger partial charge in [-0.25, -0.2) is 4.79 Å². The normalized spacial score (nSPS) is 23.5. The number of hydrogen-bond acceptors (Lipinski definition) is 3. The van der Waals surface area contributed by atoms with Crippen molar-refractivity contribution in [2.45, 2.75) is 38.0 Å². The molecule has 0 saturated heterocycles. The molecule has 0 aliphatic carbocycles. The summed E-state index contributed by atoms with van der Waals surface area (Å²) in [5, 5.41) is 12.9. The van der Waals surface area contributed by atoms with E-state index in [1.165, 1.54) is 11.1 Å². The molecule has 24 heavy (non-hydrogen) atoms. The molecule has 2 aliphatic rings. The zero-order valence-corrected chi connectivity index (χ0v) is 15.1. The van der Waals surface area contributed by atoms with Crippen molar-refractivity contribution in [2.24, 2.45) is 0 Å². The third kappa shape index (κ3) is 2.26. The van der Waals surface area contributed by atoms with Gasteiger partial charge in [-0.05, 0) is 47.0 Å². The van der Waals surface area contributed by atoms with Crippen molar-refractivity contribution < 1.29 is 14.6 Å². The van der Waals surface area contributed by atoms with Gasteiger partial charge >= 0.3 is 5.97 Å². The van der Waals surface area contributed by atoms with Gasteiger partial charge < -0.3 is 15.2 Å². The maximum Gasteiger partial charge on any atom is 0.335 e. The zero-order chi connectivity index (χ0) is 17.1. The molecule has 0 saturated carbocycles. The van der Waals surface area contributed by atoms with E-state index in [4.69, 9.17) is 4.74 Å². The number of hydrogen-bond donors (Lipinski definition) is 2. The van der Waals surface area contributed by atoms with Gasteiger partial charge in [-0.1, -0.05) is 35.8 Å². The van der Waals surface area contributed by atoms with Crippen LogP contribution in [0.25, 0.3) is 0 Å². The zero-order valence-electron chi connectivity index (χ0n) is 13.5. The molecule has 0 aromatic heterocycles. The third-order valence-corrected chi connectivity index (χ3v) is 5.64. The summed E-state index contributed by atoms with van der Waals surface area (Å²) >= 11 is 3.56. The molecule has 2 aromatic carbocycles. The quantitative estimate of drug-likeness (QED) is 0.756. The van der Waals surface area contributed by atoms with Gasteiger partial charge in [0.15, 0.2) is 0 Å². The predicted molar refractivity (Wildman–Crippen MR) is 95.5 cm³/mol. The molecule has 4 rings (SSSR count). The van der Waals surface area contributed by atoms with Gasteiger partial charge in [0, 0.05) is 15.6 Å². The Hall–Kier alpha value is -1.85. The number of anilines is 1. The summed E-state index contributed by atoms with van der Waals surface area (Å²) in [6.45, 7) is 4.82. The van der Waals surface area contributed by atoms with Crippen LogP contribution in [0.1, 0.15) is 46.9 Å². The number of fused-ring (bicyclic) bond motifs is 4. The van der Waals surface area contributed by atoms with E-state index in [9.17, 15) is 9.90 Å². The molecule has 0 fully saturated rings. The largest absolute Gasteiger partial charge is 0.478 e. The molecule has 0 spiro atoms. The second-order valence-corrected chi connectivity index (χ2v) is 7.90. The van der Waals surface area contributed by atoms with Crippen LogP contribution >= 0.6 is 15.9 Å². The lowest BCUT2D eigenvalue weighted by atomic mass is 9.70. The van der Waals surface area contributed by atoms with Crippen molar-refractivity contribution in [1.29, 1.82) is 0 Å². The van der Waals surface area contributed by atoms with Gasteiger partial charge in [0.2, 0.25) is 0 Å². The second-order valence-electron chi connectivity index (χ2n) is 6.98. The number of aromatic carboxylic acids is 1. The number of benzene rings is 2. The number of carboxylic acid groups (broad SMARTS) is 1. The number of halogens is 1. The average Bonchev–Trinajstić information content (AvgIpc) is 2.54. The molecule has 124 valence electrons. The Labute approximate surface area is 149 Å². The highest BCUT2D eigenvalue weighted by Crippen LogP contribution is 2.49. The van der Waals surface area contributed by atoms with Gasteiger partial charge in [-0.3, -0.25) is 0 Å². The second kappa shape index (κ2) is 5.33. The fourth-order valence-corrected chi connectivity index (χ4v) is 4.24. The molecule has 0 unspecified atom stereocenters. The van der Waals surface area contributed by atoms with Crippen molar-refractivity contribution in [1.82, 2.24) is 0 Å². The average molecular weight is 388 g/mol. The highest BCUT2D eigenvalue weighted by Gasteiger charge is 2.46. The maximum absolute atomic E-state index is 11.3. The smallest absolute Gasteiger partial charge is 0.335 e. The monoisotopic (exact) mass is 387 g/mol. The van der Waals surface area contributed by atoms with Crippen molar-refractivity contribution in [3.8, 4) is 0 Å². The van der Waals surface area contributed by atoms with E-state index in [2.05, 4.69) is 47.2 Å². The third-order valence-electron chi connectivity index (χ3n) is 5.15. The van der Waals surface area contributed by atoms with Crippen LogP contribution in [-0.2, 0) is 16.8 Å². The number of ether oxygens (including phenoxy) is 1. The van der Waals surface area contributed by atoms with Crippen molar-refractivity contribution in [2.75, 3.05) is 5.32 Å². The molecule has 2 heterocycles. The molecule has 2 atom stereocenters. The van der Waals surface area contributed by atoms with Crippen molar-refractivity contribution in [3.05, 3.63) is 63.1 Å². The molecular weight excluding hydrogens is 370 g/mol. The molecule has 4 nitrogen and oxygen atoms in total. The topological polar surface area (TPSA) is 58.6 Å². The minimum atomic E-state index is -0.908. The van der Waals surface area contributed by atoms with Crippen LogP contribution in [-0.4, -0.2) is 17.2 Å². The Morgan fingerprint density at radius 2 is 2.08 bits per heavy atom. The molecule has 2 aliphatic heterocycles. The standard InChI is InChI=1S/C19H18BrNO3/c1-19(2)14-7-10(18(22)23)4-6-15(14)21-16-13-8-12(20)5-3-11(13)9-24-17(16)19/h3-8,16-17,21H,9H2,1-2H3,(H,22,23)/t16-,17-/m0/s1. The highest BCUT2D eigenvalue weighted by atomic mass is 79.9. The van der Waals surface area contributed by atoms with Crippen LogP contribution in [0.4, 0.5) is 5.69 Å². The lowest BCUT2D eigenvalue weighted by molar-refractivity contribution is -0.0324. The summed E-state index contributed by atoms with van der Waals surface area (Å²) in [6, 6.07) is 11.6. The summed E-state index contributed by atoms with van der Waals surface area (Å²) in [5.74, 6) is -0.908. The SMILES string of the molecule is CC1(C)c2cc(C(=O)O)ccc2N[C@H]2c3cc(Br)ccc3CO[C@@H]21. The lowest BCUT2D eigenvalue weighted by Gasteiger charge is -2.48.